The lowest BCUT2D eigenvalue weighted by Crippen LogP contribution is -2.21. The first-order valence-corrected chi connectivity index (χ1v) is 13.1. The van der Waals surface area contributed by atoms with Crippen molar-refractivity contribution in [2.75, 3.05) is 11.9 Å². The molecule has 4 aromatic rings. The Hall–Kier alpha value is -4.39. The van der Waals surface area contributed by atoms with Crippen molar-refractivity contribution in [3.05, 3.63) is 53.9 Å². The molecule has 194 valence electrons. The number of carbonyl (C=O) groups excluding carboxylic acids is 1. The molecule has 2 aromatic carbocycles. The second-order valence-electron chi connectivity index (χ2n) is 10.1. The fourth-order valence-electron chi connectivity index (χ4n) is 4.82. The molecular weight excluding hydrogens is 482 g/mol. The largest absolute Gasteiger partial charge is 0.493 e. The van der Waals surface area contributed by atoms with Crippen molar-refractivity contribution in [3.8, 4) is 23.1 Å². The van der Waals surface area contributed by atoms with Gasteiger partial charge in [-0.05, 0) is 74.3 Å². The van der Waals surface area contributed by atoms with Gasteiger partial charge in [-0.25, -0.2) is 4.79 Å². The highest BCUT2D eigenvalue weighted by Gasteiger charge is 2.31. The third-order valence-corrected chi connectivity index (χ3v) is 7.25. The van der Waals surface area contributed by atoms with Gasteiger partial charge in [0.2, 0.25) is 0 Å². The van der Waals surface area contributed by atoms with Crippen LogP contribution in [0.5, 0.6) is 5.75 Å². The van der Waals surface area contributed by atoms with E-state index in [4.69, 9.17) is 9.47 Å². The molecule has 38 heavy (non-hydrogen) atoms. The number of hydrogen-bond acceptors (Lipinski definition) is 7. The molecule has 1 atom stereocenters. The minimum absolute atomic E-state index is 0.0709. The Morgan fingerprint density at radius 3 is 2.71 bits per heavy atom. The van der Waals surface area contributed by atoms with Crippen molar-refractivity contribution in [2.45, 2.75) is 51.7 Å². The summed E-state index contributed by atoms with van der Waals surface area (Å²) >= 11 is 0. The maximum absolute atomic E-state index is 12.3. The second-order valence-corrected chi connectivity index (χ2v) is 10.1. The van der Waals surface area contributed by atoms with E-state index in [0.29, 0.717) is 41.9 Å². The molecule has 2 heterocycles. The van der Waals surface area contributed by atoms with E-state index < -0.39 is 6.09 Å². The molecule has 10 nitrogen and oxygen atoms in total. The maximum atomic E-state index is 12.3. The number of nitriles is 1. The fourth-order valence-corrected chi connectivity index (χ4v) is 4.82. The van der Waals surface area contributed by atoms with E-state index in [1.54, 1.807) is 0 Å². The highest BCUT2D eigenvalue weighted by atomic mass is 16.6. The minimum atomic E-state index is -0.440. The third kappa shape index (κ3) is 5.18. The Balaban J connectivity index is 1.26. The Bertz CT molecular complexity index is 1480. The van der Waals surface area contributed by atoms with E-state index in [1.165, 1.54) is 12.8 Å². The summed E-state index contributed by atoms with van der Waals surface area (Å²) in [6, 6.07) is 15.9. The molecule has 2 aromatic heterocycles. The molecular formula is C28H29N7O3. The van der Waals surface area contributed by atoms with E-state index in [0.717, 1.165) is 47.3 Å². The van der Waals surface area contributed by atoms with Crippen LogP contribution in [-0.2, 0) is 17.7 Å². The number of benzene rings is 2. The zero-order valence-electron chi connectivity index (χ0n) is 21.2. The number of H-pyrrole nitrogens is 1. The van der Waals surface area contributed by atoms with Crippen molar-refractivity contribution in [2.24, 2.45) is 11.8 Å². The van der Waals surface area contributed by atoms with Gasteiger partial charge in [0.05, 0.1) is 23.4 Å². The van der Waals surface area contributed by atoms with Gasteiger partial charge in [-0.3, -0.25) is 5.32 Å². The van der Waals surface area contributed by atoms with Crippen LogP contribution in [0, 0.1) is 23.2 Å². The van der Waals surface area contributed by atoms with Gasteiger partial charge >= 0.3 is 6.09 Å². The number of aromatic amines is 1. The summed E-state index contributed by atoms with van der Waals surface area (Å²) in [5.41, 5.74) is 4.07. The number of nitrogens with one attached hydrogen (secondary N) is 2. The van der Waals surface area contributed by atoms with Crippen LogP contribution in [0.2, 0.25) is 0 Å². The number of tetrazole rings is 1. The first-order chi connectivity index (χ1) is 18.6. The number of ether oxygens (including phenoxy) is 2. The molecule has 2 N–H and O–H groups in total. The lowest BCUT2D eigenvalue weighted by molar-refractivity contribution is 0.108. The standard InChI is InChI=1S/C28H29N7O3/c1-17(19-4-5-19)38-28(36)30-21-8-6-20(7-9-21)27-24(15-29)23-11-10-22(37-13-12-26-31-33-34-32-26)14-25(23)35(27)16-18-2-3-18/h6-11,14,17-19H,2-5,12-13,16H2,1H3,(H,30,36)(H,31,32,33,34). The molecule has 2 fully saturated rings. The Morgan fingerprint density at radius 2 is 2.03 bits per heavy atom. The monoisotopic (exact) mass is 511 g/mol. The van der Waals surface area contributed by atoms with Crippen LogP contribution in [0.3, 0.4) is 0 Å². The summed E-state index contributed by atoms with van der Waals surface area (Å²) in [6.45, 7) is 3.20. The molecule has 0 aliphatic heterocycles. The van der Waals surface area contributed by atoms with Gasteiger partial charge in [0.1, 0.15) is 17.9 Å². The van der Waals surface area contributed by atoms with E-state index in [2.05, 4.69) is 36.6 Å². The highest BCUT2D eigenvalue weighted by molar-refractivity contribution is 5.95. The zero-order chi connectivity index (χ0) is 26.1. The SMILES string of the molecule is CC(OC(=O)Nc1ccc(-c2c(C#N)c3ccc(OCCc4nn[nH]n4)cc3n2CC2CC2)cc1)C1CC1. The molecule has 0 bridgehead atoms. The van der Waals surface area contributed by atoms with Gasteiger partial charge in [0.15, 0.2) is 5.82 Å². The summed E-state index contributed by atoms with van der Waals surface area (Å²) in [4.78, 5) is 12.3. The molecule has 2 aliphatic rings. The minimum Gasteiger partial charge on any atom is -0.493 e. The lowest BCUT2D eigenvalue weighted by Gasteiger charge is -2.14. The van der Waals surface area contributed by atoms with Gasteiger partial charge < -0.3 is 14.0 Å². The summed E-state index contributed by atoms with van der Waals surface area (Å²) in [5, 5.41) is 27.8. The first kappa shape index (κ1) is 24.0. The van der Waals surface area contributed by atoms with Crippen LogP contribution in [0.15, 0.2) is 42.5 Å². The Labute approximate surface area is 219 Å². The van der Waals surface area contributed by atoms with Crippen molar-refractivity contribution in [3.63, 3.8) is 0 Å². The Morgan fingerprint density at radius 1 is 1.21 bits per heavy atom. The average molecular weight is 512 g/mol. The van der Waals surface area contributed by atoms with Gasteiger partial charge in [-0.15, -0.1) is 10.2 Å². The number of rotatable bonds is 10. The number of carbonyl (C=O) groups is 1. The van der Waals surface area contributed by atoms with Crippen LogP contribution in [-0.4, -0.2) is 44.0 Å². The number of nitrogens with zero attached hydrogens (tertiary/aromatic N) is 5. The van der Waals surface area contributed by atoms with Gasteiger partial charge in [0, 0.05) is 30.1 Å². The van der Waals surface area contributed by atoms with E-state index >= 15 is 0 Å². The molecule has 1 amide bonds. The summed E-state index contributed by atoms with van der Waals surface area (Å²) < 4.78 is 13.7. The predicted molar refractivity (Wildman–Crippen MR) is 140 cm³/mol. The molecule has 0 spiro atoms. The predicted octanol–water partition coefficient (Wildman–Crippen LogP) is 5.07. The maximum Gasteiger partial charge on any atom is 0.411 e. The van der Waals surface area contributed by atoms with Crippen LogP contribution >= 0.6 is 0 Å². The second kappa shape index (κ2) is 10.2. The van der Waals surface area contributed by atoms with Crippen molar-refractivity contribution in [1.82, 2.24) is 25.2 Å². The average Bonchev–Trinajstić information content (AvgIpc) is 3.85. The van der Waals surface area contributed by atoms with Crippen LogP contribution < -0.4 is 10.1 Å². The smallest absolute Gasteiger partial charge is 0.411 e. The molecule has 1 unspecified atom stereocenters. The Kier molecular flexibility index (Phi) is 6.42. The summed E-state index contributed by atoms with van der Waals surface area (Å²) in [7, 11) is 0. The number of anilines is 1. The number of amides is 1. The first-order valence-electron chi connectivity index (χ1n) is 13.1. The topological polar surface area (TPSA) is 131 Å². The van der Waals surface area contributed by atoms with Gasteiger partial charge in [0.25, 0.3) is 0 Å². The zero-order valence-corrected chi connectivity index (χ0v) is 21.2. The van der Waals surface area contributed by atoms with E-state index in [9.17, 15) is 10.1 Å². The van der Waals surface area contributed by atoms with Crippen LogP contribution in [0.4, 0.5) is 10.5 Å². The lowest BCUT2D eigenvalue weighted by atomic mass is 10.1. The quantitative estimate of drug-likeness (QED) is 0.304. The molecule has 0 radical (unpaired) electrons. The normalized spacial score (nSPS) is 15.7. The molecule has 6 rings (SSSR count). The van der Waals surface area contributed by atoms with Crippen LogP contribution in [0.1, 0.15) is 44.0 Å². The number of hydrogen-bond donors (Lipinski definition) is 2. The van der Waals surface area contributed by atoms with Gasteiger partial charge in [-0.2, -0.15) is 10.5 Å². The van der Waals surface area contributed by atoms with E-state index in [1.807, 2.05) is 49.4 Å². The van der Waals surface area contributed by atoms with Crippen molar-refractivity contribution < 1.29 is 14.3 Å². The number of aromatic nitrogens is 5. The molecule has 0 saturated heterocycles. The van der Waals surface area contributed by atoms with Crippen LogP contribution in [0.25, 0.3) is 22.2 Å². The molecule has 10 heteroatoms. The number of fused-ring (bicyclic) bond motifs is 1. The highest BCUT2D eigenvalue weighted by Crippen LogP contribution is 2.40. The third-order valence-electron chi connectivity index (χ3n) is 7.25. The van der Waals surface area contributed by atoms with Gasteiger partial charge in [-0.1, -0.05) is 17.3 Å². The van der Waals surface area contributed by atoms with E-state index in [-0.39, 0.29) is 6.10 Å². The van der Waals surface area contributed by atoms with Crippen molar-refractivity contribution in [1.29, 1.82) is 5.26 Å². The summed E-state index contributed by atoms with van der Waals surface area (Å²) in [6.07, 6.45) is 4.64. The molecule has 2 saturated carbocycles. The fraction of sp³-hybridized carbons (Fsp3) is 0.393. The summed E-state index contributed by atoms with van der Waals surface area (Å²) in [5.74, 6) is 2.41. The van der Waals surface area contributed by atoms with Crippen molar-refractivity contribution >= 4 is 22.7 Å². The molecule has 2 aliphatic carbocycles.